The van der Waals surface area contributed by atoms with Gasteiger partial charge in [-0.05, 0) is 38.6 Å². The predicted molar refractivity (Wildman–Crippen MR) is 73.0 cm³/mol. The van der Waals surface area contributed by atoms with E-state index in [9.17, 15) is 0 Å². The Morgan fingerprint density at radius 3 is 2.62 bits per heavy atom. The summed E-state index contributed by atoms with van der Waals surface area (Å²) < 4.78 is 0. The van der Waals surface area contributed by atoms with Gasteiger partial charge in [0.25, 0.3) is 0 Å². The molecule has 1 aromatic rings. The van der Waals surface area contributed by atoms with Gasteiger partial charge in [0.2, 0.25) is 0 Å². The van der Waals surface area contributed by atoms with E-state index in [1.54, 1.807) is 0 Å². The van der Waals surface area contributed by atoms with E-state index in [1.165, 1.54) is 22.6 Å². The summed E-state index contributed by atoms with van der Waals surface area (Å²) >= 11 is 1.91. The van der Waals surface area contributed by atoms with E-state index < -0.39 is 0 Å². The number of rotatable bonds is 7. The Bertz CT molecular complexity index is 296. The maximum absolute atomic E-state index is 5.89. The molecule has 0 radical (unpaired) electrons. The van der Waals surface area contributed by atoms with E-state index in [0.717, 1.165) is 13.0 Å². The van der Waals surface area contributed by atoms with Gasteiger partial charge in [0.05, 0.1) is 6.04 Å². The van der Waals surface area contributed by atoms with Crippen molar-refractivity contribution in [2.24, 2.45) is 5.73 Å². The molecular formula is C13H24N2S. The summed E-state index contributed by atoms with van der Waals surface area (Å²) in [7, 11) is 2.18. The number of nitrogens with zero attached hydrogens (tertiary/aromatic N) is 1. The van der Waals surface area contributed by atoms with Crippen LogP contribution in [0.3, 0.4) is 0 Å². The number of aryl methyl sites for hydroxylation is 1. The summed E-state index contributed by atoms with van der Waals surface area (Å²) in [6.07, 6.45) is 3.62. The van der Waals surface area contributed by atoms with Crippen LogP contribution in [0.4, 0.5) is 0 Å². The lowest BCUT2D eigenvalue weighted by molar-refractivity contribution is 0.250. The van der Waals surface area contributed by atoms with Gasteiger partial charge >= 0.3 is 0 Å². The average molecular weight is 240 g/mol. The normalized spacial score (nSPS) is 13.3. The summed E-state index contributed by atoms with van der Waals surface area (Å²) in [6.45, 7) is 6.28. The minimum absolute atomic E-state index is 0.400. The van der Waals surface area contributed by atoms with Gasteiger partial charge in [0, 0.05) is 16.3 Å². The number of unbranched alkanes of at least 4 members (excludes halogenated alkanes) is 1. The van der Waals surface area contributed by atoms with Gasteiger partial charge in [0.1, 0.15) is 0 Å². The molecule has 0 fully saturated rings. The smallest absolute Gasteiger partial charge is 0.0561 e. The molecule has 1 rings (SSSR count). The molecule has 1 atom stereocenters. The molecule has 1 aromatic heterocycles. The molecular weight excluding hydrogens is 216 g/mol. The van der Waals surface area contributed by atoms with Gasteiger partial charge in [-0.15, -0.1) is 11.3 Å². The van der Waals surface area contributed by atoms with E-state index in [-0.39, 0.29) is 0 Å². The van der Waals surface area contributed by atoms with Crippen molar-refractivity contribution in [3.8, 4) is 0 Å². The average Bonchev–Trinajstić information content (AvgIpc) is 2.76. The van der Waals surface area contributed by atoms with Gasteiger partial charge in [0.15, 0.2) is 0 Å². The summed E-state index contributed by atoms with van der Waals surface area (Å²) in [5.74, 6) is 0. The topological polar surface area (TPSA) is 29.3 Å². The Labute approximate surface area is 103 Å². The molecule has 2 nitrogen and oxygen atoms in total. The molecule has 2 N–H and O–H groups in total. The number of nitrogens with two attached hydrogens (primary N) is 1. The Morgan fingerprint density at radius 1 is 1.38 bits per heavy atom. The minimum atomic E-state index is 0.400. The first-order valence-corrected chi connectivity index (χ1v) is 7.03. The third kappa shape index (κ3) is 3.58. The lowest BCUT2D eigenvalue weighted by atomic mass is 10.2. The van der Waals surface area contributed by atoms with E-state index in [1.807, 2.05) is 11.3 Å². The molecule has 0 bridgehead atoms. The lowest BCUT2D eigenvalue weighted by Crippen LogP contribution is -2.30. The van der Waals surface area contributed by atoms with Crippen LogP contribution in [0.5, 0.6) is 0 Å². The molecule has 0 saturated carbocycles. The molecule has 3 heteroatoms. The van der Waals surface area contributed by atoms with Crippen LogP contribution in [0.25, 0.3) is 0 Å². The van der Waals surface area contributed by atoms with Gasteiger partial charge in [-0.1, -0.05) is 20.3 Å². The van der Waals surface area contributed by atoms with Crippen LogP contribution < -0.4 is 5.73 Å². The Kier molecular flexibility index (Phi) is 6.03. The first-order chi connectivity index (χ1) is 7.72. The van der Waals surface area contributed by atoms with Crippen molar-refractivity contribution >= 4 is 11.3 Å². The summed E-state index contributed by atoms with van der Waals surface area (Å²) in [5, 5.41) is 0. The van der Waals surface area contributed by atoms with Gasteiger partial charge in [-0.25, -0.2) is 0 Å². The third-order valence-corrected chi connectivity index (χ3v) is 4.31. The maximum Gasteiger partial charge on any atom is 0.0561 e. The van der Waals surface area contributed by atoms with Crippen LogP contribution in [0.15, 0.2) is 12.1 Å². The fourth-order valence-corrected chi connectivity index (χ4v) is 2.97. The van der Waals surface area contributed by atoms with Crippen molar-refractivity contribution in [2.45, 2.75) is 39.2 Å². The fraction of sp³-hybridized carbons (Fsp3) is 0.692. The lowest BCUT2D eigenvalue weighted by Gasteiger charge is -2.25. The summed E-state index contributed by atoms with van der Waals surface area (Å²) in [5.41, 5.74) is 5.89. The summed E-state index contributed by atoms with van der Waals surface area (Å²) in [6, 6.07) is 4.87. The molecule has 0 amide bonds. The van der Waals surface area contributed by atoms with Crippen LogP contribution in [-0.4, -0.2) is 25.0 Å². The highest BCUT2D eigenvalue weighted by molar-refractivity contribution is 7.12. The van der Waals surface area contributed by atoms with E-state index in [4.69, 9.17) is 5.73 Å². The van der Waals surface area contributed by atoms with Crippen molar-refractivity contribution in [2.75, 3.05) is 20.1 Å². The van der Waals surface area contributed by atoms with Gasteiger partial charge < -0.3 is 5.73 Å². The van der Waals surface area contributed by atoms with Crippen molar-refractivity contribution < 1.29 is 0 Å². The van der Waals surface area contributed by atoms with Crippen LogP contribution >= 0.6 is 11.3 Å². The highest BCUT2D eigenvalue weighted by atomic mass is 32.1. The molecule has 16 heavy (non-hydrogen) atoms. The number of hydrogen-bond donors (Lipinski definition) is 1. The van der Waals surface area contributed by atoms with Gasteiger partial charge in [-0.3, -0.25) is 4.90 Å². The molecule has 0 aliphatic rings. The van der Waals surface area contributed by atoms with E-state index in [2.05, 4.69) is 37.9 Å². The van der Waals surface area contributed by atoms with Crippen molar-refractivity contribution in [1.82, 2.24) is 4.90 Å². The first kappa shape index (κ1) is 13.7. The SMILES string of the molecule is CCCCN(C)C(CN)c1ccc(CC)s1. The molecule has 0 saturated heterocycles. The largest absolute Gasteiger partial charge is 0.329 e. The number of thiophene rings is 1. The highest BCUT2D eigenvalue weighted by Gasteiger charge is 2.16. The van der Waals surface area contributed by atoms with Crippen molar-refractivity contribution in [3.63, 3.8) is 0 Å². The Balaban J connectivity index is 2.65. The molecule has 1 heterocycles. The quantitative estimate of drug-likeness (QED) is 0.794. The molecule has 0 aromatic carbocycles. The van der Waals surface area contributed by atoms with Crippen LogP contribution in [0.2, 0.25) is 0 Å². The van der Waals surface area contributed by atoms with E-state index >= 15 is 0 Å². The second-order valence-corrected chi connectivity index (χ2v) is 5.44. The zero-order chi connectivity index (χ0) is 12.0. The maximum atomic E-state index is 5.89. The third-order valence-electron chi connectivity index (χ3n) is 2.98. The van der Waals surface area contributed by atoms with Crippen molar-refractivity contribution in [3.05, 3.63) is 21.9 Å². The molecule has 0 aliphatic carbocycles. The fourth-order valence-electron chi connectivity index (χ4n) is 1.84. The van der Waals surface area contributed by atoms with Crippen molar-refractivity contribution in [1.29, 1.82) is 0 Å². The molecule has 0 aliphatic heterocycles. The zero-order valence-electron chi connectivity index (χ0n) is 10.7. The van der Waals surface area contributed by atoms with Gasteiger partial charge in [-0.2, -0.15) is 0 Å². The number of likely N-dealkylation sites (N-methyl/N-ethyl adjacent to an activating group) is 1. The molecule has 92 valence electrons. The predicted octanol–water partition coefficient (Wildman–Crippen LogP) is 3.04. The Hall–Kier alpha value is -0.380. The second kappa shape index (κ2) is 7.05. The molecule has 0 spiro atoms. The van der Waals surface area contributed by atoms with Crippen LogP contribution in [-0.2, 0) is 6.42 Å². The van der Waals surface area contributed by atoms with Crippen LogP contribution in [0.1, 0.15) is 42.5 Å². The second-order valence-electron chi connectivity index (χ2n) is 4.24. The zero-order valence-corrected chi connectivity index (χ0v) is 11.5. The first-order valence-electron chi connectivity index (χ1n) is 6.21. The number of hydrogen-bond acceptors (Lipinski definition) is 3. The minimum Gasteiger partial charge on any atom is -0.329 e. The standard InChI is InChI=1S/C13H24N2S/c1-4-6-9-15(3)12(10-14)13-8-7-11(5-2)16-13/h7-8,12H,4-6,9-10,14H2,1-3H3. The summed E-state index contributed by atoms with van der Waals surface area (Å²) in [4.78, 5) is 5.25. The molecule has 1 unspecified atom stereocenters. The van der Waals surface area contributed by atoms with Crippen LogP contribution in [0, 0.1) is 0 Å². The van der Waals surface area contributed by atoms with E-state index in [0.29, 0.717) is 12.6 Å². The Morgan fingerprint density at radius 2 is 2.12 bits per heavy atom. The monoisotopic (exact) mass is 240 g/mol. The highest BCUT2D eigenvalue weighted by Crippen LogP contribution is 2.26.